The van der Waals surface area contributed by atoms with Crippen LogP contribution in [0.1, 0.15) is 141 Å². The van der Waals surface area contributed by atoms with Crippen LogP contribution >= 0.6 is 0 Å². The van der Waals surface area contributed by atoms with Crippen LogP contribution in [0.5, 0.6) is 11.5 Å². The van der Waals surface area contributed by atoms with Crippen LogP contribution in [0.25, 0.3) is 0 Å². The van der Waals surface area contributed by atoms with E-state index in [2.05, 4.69) is 37.0 Å². The summed E-state index contributed by atoms with van der Waals surface area (Å²) < 4.78 is 54.8. The van der Waals surface area contributed by atoms with Crippen LogP contribution in [0.15, 0.2) is 108 Å². The predicted octanol–water partition coefficient (Wildman–Crippen LogP) is 8.71. The molecule has 2 fully saturated rings. The average Bonchev–Trinajstić information content (AvgIpc) is 3.68. The lowest BCUT2D eigenvalue weighted by molar-refractivity contribution is -0.0557. The molecule has 0 radical (unpaired) electrons. The van der Waals surface area contributed by atoms with Crippen molar-refractivity contribution in [2.45, 2.75) is 137 Å². The van der Waals surface area contributed by atoms with Crippen molar-refractivity contribution in [1.29, 1.82) is 0 Å². The smallest absolute Gasteiger partial charge is 0.268 e. The van der Waals surface area contributed by atoms with Gasteiger partial charge in [0, 0.05) is 48.7 Å². The van der Waals surface area contributed by atoms with E-state index in [1.165, 1.54) is 0 Å². The molecule has 8 aliphatic rings. The molecule has 5 aliphatic heterocycles. The zero-order valence-corrected chi connectivity index (χ0v) is 42.1. The maximum absolute atomic E-state index is 14.3. The number of phenols is 1. The molecular weight excluding hydrogens is 927 g/mol. The number of phenolic OH excluding ortho intramolecular Hbond substituents is 1. The molecule has 12 nitrogen and oxygen atoms in total. The highest BCUT2D eigenvalue weighted by Crippen LogP contribution is 2.56. The van der Waals surface area contributed by atoms with Crippen LogP contribution in [0, 0.1) is 47.3 Å². The van der Waals surface area contributed by atoms with Gasteiger partial charge in [0.15, 0.2) is 5.96 Å². The second-order valence-corrected chi connectivity index (χ2v) is 23.9. The SMILES string of the molecule is CC1CCc2cc3ccc2C1CC(S(=O)(=O)O)C1C=C2CC(CC4CC(CO)CC#Cc5cc(O)ccc5C2O4)C1c1ccc(cc1)C(CC(Cc1ccccc1)C1(O)CCC(CCCO)C1)(N=C(N)N)O3. The van der Waals surface area contributed by atoms with Crippen molar-refractivity contribution in [2.24, 2.45) is 52.0 Å². The fourth-order valence-corrected chi connectivity index (χ4v) is 15.1. The second-order valence-electron chi connectivity index (χ2n) is 22.2. The third kappa shape index (κ3) is 10.3. The highest BCUT2D eigenvalue weighted by molar-refractivity contribution is 7.86. The summed E-state index contributed by atoms with van der Waals surface area (Å²) in [7, 11) is -4.68. The van der Waals surface area contributed by atoms with Gasteiger partial charge in [-0.1, -0.05) is 91.6 Å². The summed E-state index contributed by atoms with van der Waals surface area (Å²) in [6.45, 7) is 2.20. The number of fused-ring (bicyclic) bond motifs is 9. The van der Waals surface area contributed by atoms with E-state index in [1.54, 1.807) is 12.1 Å². The highest BCUT2D eigenvalue weighted by atomic mass is 32.2. The summed E-state index contributed by atoms with van der Waals surface area (Å²) >= 11 is 0. The minimum absolute atomic E-state index is 0.0727. The molecule has 10 bridgehead atoms. The number of aliphatic hydroxyl groups is 3. The van der Waals surface area contributed by atoms with E-state index in [4.69, 9.17) is 25.9 Å². The fraction of sp³-hybridized carbons (Fsp3) is 0.508. The molecule has 5 heterocycles. The number of nitrogens with two attached hydrogens (primary N) is 2. The zero-order chi connectivity index (χ0) is 50.4. The fourth-order valence-electron chi connectivity index (χ4n) is 14.0. The Hall–Kier alpha value is -5.20. The Morgan fingerprint density at radius 3 is 2.49 bits per heavy atom. The largest absolute Gasteiger partial charge is 0.508 e. The Labute approximate surface area is 424 Å². The van der Waals surface area contributed by atoms with Gasteiger partial charge in [-0.05, 0) is 171 Å². The number of benzene rings is 4. The molecule has 4 aromatic carbocycles. The Balaban J connectivity index is 1.16. The number of rotatable bonds is 11. The number of aliphatic hydroxyl groups excluding tert-OH is 2. The number of ether oxygens (including phenoxy) is 2. The van der Waals surface area contributed by atoms with Crippen LogP contribution in [0.2, 0.25) is 0 Å². The van der Waals surface area contributed by atoms with E-state index in [-0.39, 0.29) is 79.4 Å². The van der Waals surface area contributed by atoms with Crippen molar-refractivity contribution < 1.29 is 42.9 Å². The zero-order valence-electron chi connectivity index (χ0n) is 41.3. The molecule has 1 saturated heterocycles. The monoisotopic (exact) mass is 997 g/mol. The number of aliphatic imine (C=N–C) groups is 1. The Kier molecular flexibility index (Phi) is 14.4. The molecule has 13 atom stereocenters. The van der Waals surface area contributed by atoms with Gasteiger partial charge < -0.3 is 41.4 Å². The summed E-state index contributed by atoms with van der Waals surface area (Å²) in [5, 5.41) is 42.8. The first-order valence-electron chi connectivity index (χ1n) is 26.3. The first-order chi connectivity index (χ1) is 34.6. The standard InChI is InChI=1S/C59H71N3O9S/c1-36-12-13-42-29-48-19-21-50(42)52(36)32-54(72(67,68)69)53-31-44-27-43(30-49-26-39(35-64)9-5-11-41-28-47(65)18-20-51(41)56(44)70-49)55(53)40-14-16-45(17-15-40)59(71-48,62-57(60)61)34-46(25-37-7-3-2-4-8-37)58(66)23-22-38(33-58)10-6-24-63/h2-4,7-8,14-21,28-29,31,36,38-39,43,46,49,52-56,63-66H,6,9-10,12-13,22-27,30,32-35H2,1H3,(H4,60,61,62)(H,67,68,69). The van der Waals surface area contributed by atoms with Gasteiger partial charge in [0.1, 0.15) is 17.6 Å². The molecule has 4 aromatic rings. The van der Waals surface area contributed by atoms with Gasteiger partial charge in [-0.15, -0.1) is 0 Å². The third-order valence-corrected chi connectivity index (χ3v) is 18.8. The van der Waals surface area contributed by atoms with Gasteiger partial charge in [0.25, 0.3) is 10.1 Å². The maximum atomic E-state index is 14.3. The first kappa shape index (κ1) is 50.3. The number of aryl methyl sites for hydroxylation is 1. The van der Waals surface area contributed by atoms with E-state index in [9.17, 15) is 33.4 Å². The van der Waals surface area contributed by atoms with Gasteiger partial charge >= 0.3 is 0 Å². The lowest BCUT2D eigenvalue weighted by Gasteiger charge is -2.42. The Bertz CT molecular complexity index is 2840. The van der Waals surface area contributed by atoms with Gasteiger partial charge in [-0.2, -0.15) is 8.42 Å². The van der Waals surface area contributed by atoms with Crippen LogP contribution in [0.3, 0.4) is 0 Å². The summed E-state index contributed by atoms with van der Waals surface area (Å²) in [6, 6.07) is 29.3. The lowest BCUT2D eigenvalue weighted by Crippen LogP contribution is -2.45. The molecule has 1 saturated carbocycles. The number of hydrogen-bond acceptors (Lipinski definition) is 9. The normalized spacial score (nSPS) is 32.2. The van der Waals surface area contributed by atoms with Crippen molar-refractivity contribution in [3.8, 4) is 23.3 Å². The topological polar surface area (TPSA) is 218 Å². The number of nitrogens with zero attached hydrogens (tertiary/aromatic N) is 1. The van der Waals surface area contributed by atoms with Gasteiger partial charge in [-0.25, -0.2) is 4.99 Å². The quantitative estimate of drug-likeness (QED) is 0.0248. The van der Waals surface area contributed by atoms with Crippen LogP contribution in [0.4, 0.5) is 0 Å². The van der Waals surface area contributed by atoms with E-state index in [0.29, 0.717) is 68.2 Å². The van der Waals surface area contributed by atoms with Crippen molar-refractivity contribution in [3.05, 3.63) is 142 Å². The van der Waals surface area contributed by atoms with Crippen molar-refractivity contribution >= 4 is 16.1 Å². The van der Waals surface area contributed by atoms with Crippen LogP contribution in [-0.4, -0.2) is 69.5 Å². The second kappa shape index (κ2) is 20.6. The summed E-state index contributed by atoms with van der Waals surface area (Å²) in [4.78, 5) is 5.07. The number of hydrogen-bond donors (Lipinski definition) is 7. The molecule has 12 rings (SSSR count). The van der Waals surface area contributed by atoms with Gasteiger partial charge in [0.2, 0.25) is 5.72 Å². The summed E-state index contributed by atoms with van der Waals surface area (Å²) in [6.07, 6.45) is 9.26. The lowest BCUT2D eigenvalue weighted by atomic mass is 9.64. The molecule has 3 aliphatic carbocycles. The highest BCUT2D eigenvalue weighted by Gasteiger charge is 2.51. The minimum Gasteiger partial charge on any atom is -0.508 e. The van der Waals surface area contributed by atoms with E-state index in [0.717, 1.165) is 59.1 Å². The average molecular weight is 998 g/mol. The molecule has 0 aromatic heterocycles. The van der Waals surface area contributed by atoms with E-state index in [1.807, 2.05) is 66.7 Å². The van der Waals surface area contributed by atoms with E-state index >= 15 is 0 Å². The molecule has 382 valence electrons. The van der Waals surface area contributed by atoms with Crippen LogP contribution < -0.4 is 16.2 Å². The first-order valence-corrected chi connectivity index (χ1v) is 27.8. The molecule has 0 amide bonds. The van der Waals surface area contributed by atoms with E-state index < -0.39 is 44.6 Å². The number of allylic oxidation sites excluding steroid dienone is 1. The predicted molar refractivity (Wildman–Crippen MR) is 277 cm³/mol. The number of guanidine groups is 1. The molecule has 9 N–H and O–H groups in total. The molecule has 0 spiro atoms. The van der Waals surface area contributed by atoms with Crippen molar-refractivity contribution in [2.75, 3.05) is 13.2 Å². The Morgan fingerprint density at radius 2 is 1.74 bits per heavy atom. The van der Waals surface area contributed by atoms with Crippen molar-refractivity contribution in [1.82, 2.24) is 0 Å². The molecule has 72 heavy (non-hydrogen) atoms. The molecular formula is C59H71N3O9S. The number of aromatic hydroxyl groups is 1. The van der Waals surface area contributed by atoms with Gasteiger partial charge in [0.05, 0.1) is 17.0 Å². The summed E-state index contributed by atoms with van der Waals surface area (Å²) in [5.41, 5.74) is 17.3. The van der Waals surface area contributed by atoms with Crippen molar-refractivity contribution in [3.63, 3.8) is 0 Å². The Morgan fingerprint density at radius 1 is 0.944 bits per heavy atom. The minimum atomic E-state index is -4.68. The van der Waals surface area contributed by atoms with Gasteiger partial charge in [-0.3, -0.25) is 4.55 Å². The third-order valence-electron chi connectivity index (χ3n) is 17.6. The molecule has 13 heteroatoms. The maximum Gasteiger partial charge on any atom is 0.268 e. The van der Waals surface area contributed by atoms with Crippen LogP contribution in [-0.2, 0) is 33.4 Å². The molecule has 13 unspecified atom stereocenters. The summed E-state index contributed by atoms with van der Waals surface area (Å²) in [5.74, 6) is 5.35.